The normalized spacial score (nSPS) is 14.7. The first-order chi connectivity index (χ1) is 14.6. The third kappa shape index (κ3) is 5.98. The molecule has 0 radical (unpaired) electrons. The number of nitrogens with one attached hydrogen (secondary N) is 2. The lowest BCUT2D eigenvalue weighted by molar-refractivity contribution is -0.130. The Hall–Kier alpha value is -3.03. The Kier molecular flexibility index (Phi) is 7.70. The van der Waals surface area contributed by atoms with Crippen LogP contribution in [0.1, 0.15) is 17.8 Å². The minimum atomic E-state index is 0.105. The van der Waals surface area contributed by atoms with Gasteiger partial charge in [-0.3, -0.25) is 14.5 Å². The summed E-state index contributed by atoms with van der Waals surface area (Å²) < 4.78 is 2.02. The molecule has 0 saturated carbocycles. The second kappa shape index (κ2) is 10.7. The van der Waals surface area contributed by atoms with Gasteiger partial charge < -0.3 is 20.4 Å². The number of carbonyl (C=O) groups is 1. The number of nitrogens with zero attached hydrogens (tertiary/aromatic N) is 5. The van der Waals surface area contributed by atoms with Gasteiger partial charge in [0, 0.05) is 57.7 Å². The summed E-state index contributed by atoms with van der Waals surface area (Å²) in [4.78, 5) is 21.0. The van der Waals surface area contributed by atoms with Crippen LogP contribution in [0.25, 0.3) is 0 Å². The SMILES string of the molecule is CN=C(NCCCn1nc(C)cc1C)NCC(=O)N1CCN(c2ccccc2)CC1. The summed E-state index contributed by atoms with van der Waals surface area (Å²) >= 11 is 0. The highest BCUT2D eigenvalue weighted by Gasteiger charge is 2.21. The van der Waals surface area contributed by atoms with Crippen molar-refractivity contribution >= 4 is 17.6 Å². The van der Waals surface area contributed by atoms with Crippen LogP contribution in [0.5, 0.6) is 0 Å². The monoisotopic (exact) mass is 411 g/mol. The molecule has 1 amide bonds. The van der Waals surface area contributed by atoms with Gasteiger partial charge in [-0.2, -0.15) is 5.10 Å². The van der Waals surface area contributed by atoms with Gasteiger partial charge >= 0.3 is 0 Å². The zero-order valence-corrected chi connectivity index (χ0v) is 18.3. The molecule has 8 heteroatoms. The standard InChI is InChI=1S/C22H33N7O/c1-18-16-19(2)29(26-18)11-7-10-24-22(23-3)25-17-21(30)28-14-12-27(13-15-28)20-8-5-4-6-9-20/h4-6,8-9,16H,7,10-15,17H2,1-3H3,(H2,23,24,25). The molecule has 1 aliphatic heterocycles. The fourth-order valence-corrected chi connectivity index (χ4v) is 3.68. The second-order valence-corrected chi connectivity index (χ2v) is 7.56. The van der Waals surface area contributed by atoms with Gasteiger partial charge in [0.2, 0.25) is 5.91 Å². The molecule has 0 spiro atoms. The number of aryl methyl sites for hydroxylation is 3. The minimum Gasteiger partial charge on any atom is -0.368 e. The number of aromatic nitrogens is 2. The molecule has 8 nitrogen and oxygen atoms in total. The van der Waals surface area contributed by atoms with Crippen LogP contribution in [-0.2, 0) is 11.3 Å². The average Bonchev–Trinajstić information content (AvgIpc) is 3.10. The maximum absolute atomic E-state index is 12.6. The van der Waals surface area contributed by atoms with Crippen molar-refractivity contribution in [2.24, 2.45) is 4.99 Å². The molecule has 0 bridgehead atoms. The third-order valence-corrected chi connectivity index (χ3v) is 5.33. The summed E-state index contributed by atoms with van der Waals surface area (Å²) in [5.41, 5.74) is 3.43. The smallest absolute Gasteiger partial charge is 0.242 e. The second-order valence-electron chi connectivity index (χ2n) is 7.56. The van der Waals surface area contributed by atoms with Gasteiger partial charge in [-0.05, 0) is 38.5 Å². The topological polar surface area (TPSA) is 77.8 Å². The molecule has 2 heterocycles. The van der Waals surface area contributed by atoms with Gasteiger partial charge in [-0.15, -0.1) is 0 Å². The number of carbonyl (C=O) groups excluding carboxylic acids is 1. The summed E-state index contributed by atoms with van der Waals surface area (Å²) in [7, 11) is 1.72. The number of rotatable bonds is 7. The van der Waals surface area contributed by atoms with Gasteiger partial charge in [0.05, 0.1) is 12.2 Å². The highest BCUT2D eigenvalue weighted by molar-refractivity contribution is 5.86. The van der Waals surface area contributed by atoms with E-state index in [0.29, 0.717) is 5.96 Å². The van der Waals surface area contributed by atoms with E-state index in [0.717, 1.165) is 51.4 Å². The molecule has 1 saturated heterocycles. The predicted octanol–water partition coefficient (Wildman–Crippen LogP) is 1.40. The summed E-state index contributed by atoms with van der Waals surface area (Å²) in [6, 6.07) is 12.4. The molecule has 162 valence electrons. The van der Waals surface area contributed by atoms with Gasteiger partial charge in [0.15, 0.2) is 5.96 Å². The first kappa shape index (κ1) is 21.7. The predicted molar refractivity (Wildman–Crippen MR) is 121 cm³/mol. The maximum atomic E-state index is 12.6. The van der Waals surface area contributed by atoms with Crippen molar-refractivity contribution in [2.45, 2.75) is 26.8 Å². The van der Waals surface area contributed by atoms with E-state index in [1.807, 2.05) is 34.7 Å². The lowest BCUT2D eigenvalue weighted by Gasteiger charge is -2.36. The Balaban J connectivity index is 1.34. The van der Waals surface area contributed by atoms with Gasteiger partial charge in [-0.25, -0.2) is 0 Å². The van der Waals surface area contributed by atoms with E-state index < -0.39 is 0 Å². The molecule has 0 unspecified atom stereocenters. The fraction of sp³-hybridized carbons (Fsp3) is 0.500. The molecule has 1 aromatic heterocycles. The van der Waals surface area contributed by atoms with Crippen LogP contribution in [0.2, 0.25) is 0 Å². The summed E-state index contributed by atoms with van der Waals surface area (Å²) in [6.45, 7) is 9.14. The summed E-state index contributed by atoms with van der Waals surface area (Å²) in [6.07, 6.45) is 0.929. The van der Waals surface area contributed by atoms with Gasteiger partial charge in [0.1, 0.15) is 0 Å². The van der Waals surface area contributed by atoms with Crippen molar-refractivity contribution in [1.29, 1.82) is 0 Å². The van der Waals surface area contributed by atoms with Crippen molar-refractivity contribution in [3.8, 4) is 0 Å². The van der Waals surface area contributed by atoms with E-state index in [2.05, 4.69) is 50.7 Å². The van der Waals surface area contributed by atoms with Crippen LogP contribution in [0.4, 0.5) is 5.69 Å². The van der Waals surface area contributed by atoms with Crippen LogP contribution in [0, 0.1) is 13.8 Å². The number of hydrogen-bond acceptors (Lipinski definition) is 4. The Morgan fingerprint density at radius 3 is 2.47 bits per heavy atom. The molecule has 0 atom stereocenters. The number of piperazine rings is 1. The van der Waals surface area contributed by atoms with Crippen molar-refractivity contribution in [2.75, 3.05) is 51.2 Å². The number of anilines is 1. The lowest BCUT2D eigenvalue weighted by Crippen LogP contribution is -2.52. The molecule has 1 fully saturated rings. The lowest BCUT2D eigenvalue weighted by atomic mass is 10.2. The third-order valence-electron chi connectivity index (χ3n) is 5.33. The van der Waals surface area contributed by atoms with E-state index in [1.165, 1.54) is 11.4 Å². The van der Waals surface area contributed by atoms with E-state index in [9.17, 15) is 4.79 Å². The quantitative estimate of drug-likeness (QED) is 0.409. The van der Waals surface area contributed by atoms with Gasteiger partial charge in [0.25, 0.3) is 0 Å². The Labute approximate surface area is 179 Å². The molecule has 2 aromatic rings. The summed E-state index contributed by atoms with van der Waals surface area (Å²) in [5.74, 6) is 0.757. The molecule has 1 aliphatic rings. The largest absolute Gasteiger partial charge is 0.368 e. The number of hydrogen-bond donors (Lipinski definition) is 2. The molecular formula is C22H33N7O. The maximum Gasteiger partial charge on any atom is 0.242 e. The summed E-state index contributed by atoms with van der Waals surface area (Å²) in [5, 5.41) is 10.9. The molecule has 0 aliphatic carbocycles. The average molecular weight is 412 g/mol. The number of aliphatic imine (C=N–C) groups is 1. The number of amides is 1. The van der Waals surface area contributed by atoms with E-state index >= 15 is 0 Å². The van der Waals surface area contributed by atoms with Crippen LogP contribution >= 0.6 is 0 Å². The van der Waals surface area contributed by atoms with Crippen molar-refractivity contribution in [3.63, 3.8) is 0 Å². The Morgan fingerprint density at radius 1 is 1.10 bits per heavy atom. The van der Waals surface area contributed by atoms with Crippen molar-refractivity contribution in [1.82, 2.24) is 25.3 Å². The zero-order chi connectivity index (χ0) is 21.3. The number of guanidine groups is 1. The Bertz CT molecular complexity index is 838. The van der Waals surface area contributed by atoms with Crippen LogP contribution in [0.3, 0.4) is 0 Å². The van der Waals surface area contributed by atoms with Crippen LogP contribution in [0.15, 0.2) is 41.4 Å². The van der Waals surface area contributed by atoms with Gasteiger partial charge in [-0.1, -0.05) is 18.2 Å². The van der Waals surface area contributed by atoms with E-state index in [-0.39, 0.29) is 12.5 Å². The molecule has 3 rings (SSSR count). The van der Waals surface area contributed by atoms with Crippen molar-refractivity contribution < 1.29 is 4.79 Å². The first-order valence-electron chi connectivity index (χ1n) is 10.6. The van der Waals surface area contributed by atoms with Crippen LogP contribution in [-0.4, -0.2) is 72.9 Å². The highest BCUT2D eigenvalue weighted by atomic mass is 16.2. The molecule has 1 aromatic carbocycles. The molecular weight excluding hydrogens is 378 g/mol. The highest BCUT2D eigenvalue weighted by Crippen LogP contribution is 2.15. The first-order valence-corrected chi connectivity index (χ1v) is 10.6. The van der Waals surface area contributed by atoms with E-state index in [1.54, 1.807) is 7.05 Å². The zero-order valence-electron chi connectivity index (χ0n) is 18.3. The van der Waals surface area contributed by atoms with E-state index in [4.69, 9.17) is 0 Å². The Morgan fingerprint density at radius 2 is 1.83 bits per heavy atom. The number of benzene rings is 1. The van der Waals surface area contributed by atoms with Crippen LogP contribution < -0.4 is 15.5 Å². The minimum absolute atomic E-state index is 0.105. The molecule has 30 heavy (non-hydrogen) atoms. The van der Waals surface area contributed by atoms with Crippen molar-refractivity contribution in [3.05, 3.63) is 47.8 Å². The fourth-order valence-electron chi connectivity index (χ4n) is 3.68. The number of para-hydroxylation sites is 1. The molecule has 2 N–H and O–H groups in total.